The summed E-state index contributed by atoms with van der Waals surface area (Å²) >= 11 is 0. The highest BCUT2D eigenvalue weighted by Gasteiger charge is 2.12. The molecule has 0 aromatic heterocycles. The highest BCUT2D eigenvalue weighted by atomic mass is 16.7. The molecule has 1 aromatic carbocycles. The Hall–Kier alpha value is -1.42. The normalized spacial score (nSPS) is 13.2. The van der Waals surface area contributed by atoms with Crippen LogP contribution in [-0.2, 0) is 0 Å². The number of nitrogen functional groups attached to an aromatic ring is 1. The number of hydrogen-bond acceptors (Lipinski definition) is 4. The lowest BCUT2D eigenvalue weighted by atomic mass is 10.3. The van der Waals surface area contributed by atoms with Crippen LogP contribution < -0.4 is 20.7 Å². The second-order valence-corrected chi connectivity index (χ2v) is 2.21. The fourth-order valence-electron chi connectivity index (χ4n) is 0.986. The Bertz CT molecular complexity index is 275. The minimum atomic E-state index is 0.295. The molecule has 0 saturated carbocycles. The van der Waals surface area contributed by atoms with E-state index in [9.17, 15) is 0 Å². The highest BCUT2D eigenvalue weighted by Crippen LogP contribution is 2.33. The van der Waals surface area contributed by atoms with E-state index in [0.717, 1.165) is 17.2 Å². The van der Waals surface area contributed by atoms with Crippen molar-refractivity contribution in [2.75, 3.05) is 12.2 Å². The molecule has 0 fully saturated rings. The third-order valence-corrected chi connectivity index (χ3v) is 1.54. The van der Waals surface area contributed by atoms with Crippen molar-refractivity contribution in [2.45, 2.75) is 0 Å². The molecule has 1 aliphatic rings. The quantitative estimate of drug-likeness (QED) is 0.459. The zero-order valence-electron chi connectivity index (χ0n) is 5.83. The van der Waals surface area contributed by atoms with Crippen molar-refractivity contribution in [2.24, 2.45) is 5.84 Å². The van der Waals surface area contributed by atoms with E-state index in [1.54, 1.807) is 6.07 Å². The summed E-state index contributed by atoms with van der Waals surface area (Å²) in [6.45, 7) is 0.295. The standard InChI is InChI=1S/C7H8N2O2/c8-9-5-1-2-6-7(3-5)11-4-10-6/h1-3,9H,4,8H2. The molecule has 3 N–H and O–H groups in total. The number of ether oxygens (including phenoxy) is 2. The number of fused-ring (bicyclic) bond motifs is 1. The van der Waals surface area contributed by atoms with Gasteiger partial charge in [0.2, 0.25) is 6.79 Å². The number of hydrogen-bond donors (Lipinski definition) is 2. The highest BCUT2D eigenvalue weighted by molar-refractivity contribution is 5.54. The van der Waals surface area contributed by atoms with E-state index in [-0.39, 0.29) is 0 Å². The predicted octanol–water partition coefficient (Wildman–Crippen LogP) is 0.701. The number of nitrogens with two attached hydrogens (primary N) is 1. The first-order chi connectivity index (χ1) is 5.40. The van der Waals surface area contributed by atoms with Gasteiger partial charge in [-0.3, -0.25) is 5.84 Å². The molecule has 58 valence electrons. The van der Waals surface area contributed by atoms with Gasteiger partial charge in [0.1, 0.15) is 0 Å². The lowest BCUT2D eigenvalue weighted by Crippen LogP contribution is -2.05. The number of nitrogens with one attached hydrogen (secondary N) is 1. The topological polar surface area (TPSA) is 56.5 Å². The van der Waals surface area contributed by atoms with E-state index in [4.69, 9.17) is 15.3 Å². The average molecular weight is 152 g/mol. The Balaban J connectivity index is 2.41. The molecule has 1 heterocycles. The molecule has 0 bridgehead atoms. The van der Waals surface area contributed by atoms with E-state index >= 15 is 0 Å². The lowest BCUT2D eigenvalue weighted by Gasteiger charge is -1.99. The third kappa shape index (κ3) is 0.969. The van der Waals surface area contributed by atoms with Gasteiger partial charge in [0.15, 0.2) is 11.5 Å². The van der Waals surface area contributed by atoms with Gasteiger partial charge in [0, 0.05) is 6.07 Å². The summed E-state index contributed by atoms with van der Waals surface area (Å²) in [5, 5.41) is 0. The van der Waals surface area contributed by atoms with Gasteiger partial charge in [0.25, 0.3) is 0 Å². The van der Waals surface area contributed by atoms with Crippen LogP contribution in [0.4, 0.5) is 5.69 Å². The maximum absolute atomic E-state index is 5.20. The number of anilines is 1. The van der Waals surface area contributed by atoms with Gasteiger partial charge < -0.3 is 14.9 Å². The molecule has 0 saturated heterocycles. The van der Waals surface area contributed by atoms with Gasteiger partial charge >= 0.3 is 0 Å². The largest absolute Gasteiger partial charge is 0.454 e. The van der Waals surface area contributed by atoms with Crippen LogP contribution >= 0.6 is 0 Å². The maximum Gasteiger partial charge on any atom is 0.231 e. The molecule has 0 unspecified atom stereocenters. The summed E-state index contributed by atoms with van der Waals surface area (Å²) in [5.41, 5.74) is 3.34. The Kier molecular flexibility index (Phi) is 1.33. The molecule has 1 aliphatic heterocycles. The van der Waals surface area contributed by atoms with Gasteiger partial charge in [-0.1, -0.05) is 0 Å². The van der Waals surface area contributed by atoms with E-state index < -0.39 is 0 Å². The molecule has 4 nitrogen and oxygen atoms in total. The van der Waals surface area contributed by atoms with Crippen molar-refractivity contribution in [3.63, 3.8) is 0 Å². The number of benzene rings is 1. The smallest absolute Gasteiger partial charge is 0.231 e. The fourth-order valence-corrected chi connectivity index (χ4v) is 0.986. The van der Waals surface area contributed by atoms with Crippen LogP contribution in [0.5, 0.6) is 11.5 Å². The van der Waals surface area contributed by atoms with Crippen LogP contribution in [-0.4, -0.2) is 6.79 Å². The minimum Gasteiger partial charge on any atom is -0.454 e. The number of hydrazine groups is 1. The summed E-state index contributed by atoms with van der Waals surface area (Å²) in [4.78, 5) is 0. The monoisotopic (exact) mass is 152 g/mol. The maximum atomic E-state index is 5.20. The SMILES string of the molecule is NNc1ccc2c(c1)OCO2. The predicted molar refractivity (Wildman–Crippen MR) is 40.4 cm³/mol. The van der Waals surface area contributed by atoms with Gasteiger partial charge in [-0.05, 0) is 12.1 Å². The van der Waals surface area contributed by atoms with Crippen LogP contribution in [0.3, 0.4) is 0 Å². The Labute approximate surface area is 63.9 Å². The molecule has 1 aromatic rings. The summed E-state index contributed by atoms with van der Waals surface area (Å²) in [7, 11) is 0. The zero-order valence-corrected chi connectivity index (χ0v) is 5.83. The van der Waals surface area contributed by atoms with E-state index in [0.29, 0.717) is 6.79 Å². The Morgan fingerprint density at radius 1 is 1.27 bits per heavy atom. The first-order valence-electron chi connectivity index (χ1n) is 3.26. The van der Waals surface area contributed by atoms with Gasteiger partial charge in [-0.2, -0.15) is 0 Å². The molecule has 0 atom stereocenters. The van der Waals surface area contributed by atoms with Crippen molar-refractivity contribution < 1.29 is 9.47 Å². The van der Waals surface area contributed by atoms with Gasteiger partial charge in [-0.25, -0.2) is 0 Å². The molecule has 0 amide bonds. The average Bonchev–Trinajstić information content (AvgIpc) is 2.50. The third-order valence-electron chi connectivity index (χ3n) is 1.54. The van der Waals surface area contributed by atoms with Crippen LogP contribution in [0, 0.1) is 0 Å². The van der Waals surface area contributed by atoms with Crippen LogP contribution in [0.15, 0.2) is 18.2 Å². The summed E-state index contributed by atoms with van der Waals surface area (Å²) < 4.78 is 10.2. The van der Waals surface area contributed by atoms with Gasteiger partial charge in [0.05, 0.1) is 5.69 Å². The second-order valence-electron chi connectivity index (χ2n) is 2.21. The van der Waals surface area contributed by atoms with E-state index in [1.165, 1.54) is 0 Å². The summed E-state index contributed by atoms with van der Waals surface area (Å²) in [6, 6.07) is 5.44. The molecule has 0 spiro atoms. The van der Waals surface area contributed by atoms with E-state index in [2.05, 4.69) is 5.43 Å². The molecule has 0 aliphatic carbocycles. The molecule has 0 radical (unpaired) electrons. The molecular formula is C7H8N2O2. The van der Waals surface area contributed by atoms with Crippen molar-refractivity contribution in [1.29, 1.82) is 0 Å². The van der Waals surface area contributed by atoms with E-state index in [1.807, 2.05) is 12.1 Å². The summed E-state index contributed by atoms with van der Waals surface area (Å²) in [5.74, 6) is 6.70. The van der Waals surface area contributed by atoms with Gasteiger partial charge in [-0.15, -0.1) is 0 Å². The second kappa shape index (κ2) is 2.32. The van der Waals surface area contributed by atoms with Crippen LogP contribution in [0.1, 0.15) is 0 Å². The van der Waals surface area contributed by atoms with Crippen LogP contribution in [0.2, 0.25) is 0 Å². The fraction of sp³-hybridized carbons (Fsp3) is 0.143. The first-order valence-corrected chi connectivity index (χ1v) is 3.26. The summed E-state index contributed by atoms with van der Waals surface area (Å²) in [6.07, 6.45) is 0. The Morgan fingerprint density at radius 2 is 2.09 bits per heavy atom. The van der Waals surface area contributed by atoms with Crippen molar-refractivity contribution in [3.05, 3.63) is 18.2 Å². The van der Waals surface area contributed by atoms with Crippen LogP contribution in [0.25, 0.3) is 0 Å². The van der Waals surface area contributed by atoms with Crippen molar-refractivity contribution in [1.82, 2.24) is 0 Å². The zero-order chi connectivity index (χ0) is 7.68. The molecule has 2 rings (SSSR count). The molecule has 11 heavy (non-hydrogen) atoms. The minimum absolute atomic E-state index is 0.295. The molecule has 4 heteroatoms. The lowest BCUT2D eigenvalue weighted by molar-refractivity contribution is 0.174. The van der Waals surface area contributed by atoms with Crippen molar-refractivity contribution in [3.8, 4) is 11.5 Å². The Morgan fingerprint density at radius 3 is 2.91 bits per heavy atom. The first kappa shape index (κ1) is 6.30. The molecular weight excluding hydrogens is 144 g/mol. The number of rotatable bonds is 1. The van der Waals surface area contributed by atoms with Crippen molar-refractivity contribution >= 4 is 5.69 Å².